The van der Waals surface area contributed by atoms with Crippen LogP contribution in [0.4, 0.5) is 0 Å². The van der Waals surface area contributed by atoms with E-state index in [1.54, 1.807) is 0 Å². The highest BCUT2D eigenvalue weighted by atomic mass is 15.1. The van der Waals surface area contributed by atoms with Gasteiger partial charge < -0.3 is 11.1 Å². The van der Waals surface area contributed by atoms with Gasteiger partial charge in [-0.2, -0.15) is 0 Å². The molecule has 2 rings (SSSR count). The molecule has 1 heterocycles. The predicted octanol–water partition coefficient (Wildman–Crippen LogP) is 0.936. The van der Waals surface area contributed by atoms with E-state index in [9.17, 15) is 0 Å². The second-order valence-corrected chi connectivity index (χ2v) is 3.73. The summed E-state index contributed by atoms with van der Waals surface area (Å²) >= 11 is 0. The summed E-state index contributed by atoms with van der Waals surface area (Å²) in [5, 5.41) is 3.17. The molecule has 0 aliphatic carbocycles. The molecule has 0 saturated carbocycles. The van der Waals surface area contributed by atoms with E-state index in [0.717, 1.165) is 18.9 Å². The van der Waals surface area contributed by atoms with E-state index >= 15 is 0 Å². The van der Waals surface area contributed by atoms with Crippen LogP contribution in [0.3, 0.4) is 0 Å². The maximum Gasteiger partial charge on any atom is 0.104 e. The number of benzene rings is 1. The first kappa shape index (κ1) is 10.7. The smallest absolute Gasteiger partial charge is 0.104 e. The second-order valence-electron chi connectivity index (χ2n) is 3.73. The maximum atomic E-state index is 5.83. The van der Waals surface area contributed by atoms with E-state index in [-0.39, 0.29) is 0 Å². The molecule has 0 atom stereocenters. The van der Waals surface area contributed by atoms with Gasteiger partial charge >= 0.3 is 0 Å². The van der Waals surface area contributed by atoms with Gasteiger partial charge in [0, 0.05) is 6.54 Å². The SMILES string of the molecule is NC(CC1=NCCN1)=NCc1ccccc1. The van der Waals surface area contributed by atoms with Crippen LogP contribution in [0.15, 0.2) is 40.3 Å². The topological polar surface area (TPSA) is 62.8 Å². The van der Waals surface area contributed by atoms with Crippen molar-refractivity contribution in [1.82, 2.24) is 5.32 Å². The number of amidine groups is 2. The Morgan fingerprint density at radius 2 is 2.19 bits per heavy atom. The van der Waals surface area contributed by atoms with Gasteiger partial charge in [-0.15, -0.1) is 0 Å². The molecule has 4 heteroatoms. The highest BCUT2D eigenvalue weighted by Gasteiger charge is 2.06. The normalized spacial score (nSPS) is 15.8. The molecule has 0 unspecified atom stereocenters. The zero-order chi connectivity index (χ0) is 11.2. The van der Waals surface area contributed by atoms with Crippen molar-refractivity contribution in [3.8, 4) is 0 Å². The molecule has 84 valence electrons. The van der Waals surface area contributed by atoms with Crippen LogP contribution in [-0.4, -0.2) is 24.8 Å². The molecule has 1 aliphatic heterocycles. The zero-order valence-corrected chi connectivity index (χ0v) is 9.19. The molecule has 0 aromatic heterocycles. The molecular weight excluding hydrogens is 200 g/mol. The Morgan fingerprint density at radius 3 is 2.88 bits per heavy atom. The van der Waals surface area contributed by atoms with Gasteiger partial charge in [-0.25, -0.2) is 0 Å². The minimum absolute atomic E-state index is 0.632. The average molecular weight is 216 g/mol. The summed E-state index contributed by atoms with van der Waals surface area (Å²) in [6.07, 6.45) is 0.632. The fourth-order valence-corrected chi connectivity index (χ4v) is 1.57. The van der Waals surface area contributed by atoms with Crippen LogP contribution in [-0.2, 0) is 6.54 Å². The molecule has 0 radical (unpaired) electrons. The summed E-state index contributed by atoms with van der Waals surface area (Å²) in [5.74, 6) is 1.59. The fraction of sp³-hybridized carbons (Fsp3) is 0.333. The van der Waals surface area contributed by atoms with Crippen molar-refractivity contribution >= 4 is 11.7 Å². The lowest BCUT2D eigenvalue weighted by Crippen LogP contribution is -2.25. The molecule has 3 N–H and O–H groups in total. The Kier molecular flexibility index (Phi) is 3.53. The van der Waals surface area contributed by atoms with Gasteiger partial charge in [0.05, 0.1) is 19.5 Å². The van der Waals surface area contributed by atoms with Crippen LogP contribution in [0.1, 0.15) is 12.0 Å². The number of aliphatic imine (C=N–C) groups is 2. The number of rotatable bonds is 4. The number of nitrogens with zero attached hydrogens (tertiary/aromatic N) is 2. The standard InChI is InChI=1S/C12H16N4/c13-11(8-12-14-6-7-15-12)16-9-10-4-2-1-3-5-10/h1-5H,6-9H2,(H2,13,16)(H,14,15). The Bertz CT molecular complexity index is 395. The van der Waals surface area contributed by atoms with Crippen molar-refractivity contribution in [1.29, 1.82) is 0 Å². The van der Waals surface area contributed by atoms with Crippen molar-refractivity contribution < 1.29 is 0 Å². The second kappa shape index (κ2) is 5.30. The van der Waals surface area contributed by atoms with Crippen molar-refractivity contribution in [3.63, 3.8) is 0 Å². The van der Waals surface area contributed by atoms with Crippen molar-refractivity contribution in [2.45, 2.75) is 13.0 Å². The highest BCUT2D eigenvalue weighted by Crippen LogP contribution is 2.00. The number of hydrogen-bond donors (Lipinski definition) is 2. The van der Waals surface area contributed by atoms with Crippen molar-refractivity contribution in [3.05, 3.63) is 35.9 Å². The Hall–Kier alpha value is -1.84. The molecule has 0 bridgehead atoms. The lowest BCUT2D eigenvalue weighted by Gasteiger charge is -2.02. The van der Waals surface area contributed by atoms with E-state index in [0.29, 0.717) is 18.8 Å². The Labute approximate surface area is 95.3 Å². The first-order valence-corrected chi connectivity index (χ1v) is 5.44. The molecule has 4 nitrogen and oxygen atoms in total. The van der Waals surface area contributed by atoms with Crippen LogP contribution in [0.25, 0.3) is 0 Å². The number of nitrogens with two attached hydrogens (primary N) is 1. The molecule has 0 spiro atoms. The van der Waals surface area contributed by atoms with Gasteiger partial charge in [0.2, 0.25) is 0 Å². The molecule has 16 heavy (non-hydrogen) atoms. The molecule has 1 aliphatic rings. The third kappa shape index (κ3) is 3.08. The van der Waals surface area contributed by atoms with Gasteiger partial charge in [0.15, 0.2) is 0 Å². The lowest BCUT2D eigenvalue weighted by molar-refractivity contribution is 0.955. The van der Waals surface area contributed by atoms with E-state index in [1.165, 1.54) is 5.56 Å². The third-order valence-corrected chi connectivity index (χ3v) is 2.40. The summed E-state index contributed by atoms with van der Waals surface area (Å²) in [4.78, 5) is 8.61. The first-order chi connectivity index (χ1) is 7.84. The molecular formula is C12H16N4. The van der Waals surface area contributed by atoms with E-state index < -0.39 is 0 Å². The Balaban J connectivity index is 1.87. The van der Waals surface area contributed by atoms with Gasteiger partial charge in [-0.1, -0.05) is 30.3 Å². The van der Waals surface area contributed by atoms with Crippen LogP contribution >= 0.6 is 0 Å². The van der Waals surface area contributed by atoms with E-state index in [1.807, 2.05) is 30.3 Å². The summed E-state index contributed by atoms with van der Waals surface area (Å²) in [6.45, 7) is 2.41. The number of nitrogens with one attached hydrogen (secondary N) is 1. The van der Waals surface area contributed by atoms with Gasteiger partial charge in [-0.05, 0) is 5.56 Å². The summed E-state index contributed by atoms with van der Waals surface area (Å²) in [7, 11) is 0. The number of hydrogen-bond acceptors (Lipinski definition) is 3. The Morgan fingerprint density at radius 1 is 1.38 bits per heavy atom. The first-order valence-electron chi connectivity index (χ1n) is 5.44. The van der Waals surface area contributed by atoms with Crippen LogP contribution in [0, 0.1) is 0 Å². The summed E-state index contributed by atoms with van der Waals surface area (Å²) in [6, 6.07) is 10.1. The van der Waals surface area contributed by atoms with Crippen molar-refractivity contribution in [2.75, 3.05) is 13.1 Å². The zero-order valence-electron chi connectivity index (χ0n) is 9.19. The lowest BCUT2D eigenvalue weighted by atomic mass is 10.2. The van der Waals surface area contributed by atoms with Gasteiger partial charge in [0.25, 0.3) is 0 Å². The maximum absolute atomic E-state index is 5.83. The van der Waals surface area contributed by atoms with E-state index in [4.69, 9.17) is 5.73 Å². The summed E-state index contributed by atoms with van der Waals surface area (Å²) < 4.78 is 0. The van der Waals surface area contributed by atoms with Crippen LogP contribution in [0.2, 0.25) is 0 Å². The highest BCUT2D eigenvalue weighted by molar-refractivity contribution is 6.02. The quantitative estimate of drug-likeness (QED) is 0.581. The molecule has 1 aromatic carbocycles. The molecule has 0 amide bonds. The fourth-order valence-electron chi connectivity index (χ4n) is 1.57. The minimum atomic E-state index is 0.632. The molecule has 1 aromatic rings. The largest absolute Gasteiger partial charge is 0.387 e. The predicted molar refractivity (Wildman–Crippen MR) is 66.7 cm³/mol. The van der Waals surface area contributed by atoms with Gasteiger partial charge in [-0.3, -0.25) is 9.98 Å². The molecule has 0 fully saturated rings. The minimum Gasteiger partial charge on any atom is -0.387 e. The monoisotopic (exact) mass is 216 g/mol. The van der Waals surface area contributed by atoms with Crippen LogP contribution in [0.5, 0.6) is 0 Å². The van der Waals surface area contributed by atoms with Crippen LogP contribution < -0.4 is 11.1 Å². The third-order valence-electron chi connectivity index (χ3n) is 2.40. The van der Waals surface area contributed by atoms with Gasteiger partial charge in [0.1, 0.15) is 11.7 Å². The van der Waals surface area contributed by atoms with E-state index in [2.05, 4.69) is 15.3 Å². The molecule has 0 saturated heterocycles. The average Bonchev–Trinajstić information content (AvgIpc) is 2.81. The summed E-state index contributed by atoms with van der Waals surface area (Å²) in [5.41, 5.74) is 7.00. The van der Waals surface area contributed by atoms with Crippen molar-refractivity contribution in [2.24, 2.45) is 15.7 Å².